The first-order valence-electron chi connectivity index (χ1n) is 5.37. The zero-order valence-electron chi connectivity index (χ0n) is 9.65. The van der Waals surface area contributed by atoms with Gasteiger partial charge in [-0.1, -0.05) is 24.6 Å². The van der Waals surface area contributed by atoms with Crippen LogP contribution in [0.3, 0.4) is 0 Å². The van der Waals surface area contributed by atoms with Gasteiger partial charge in [-0.15, -0.1) is 18.4 Å². The van der Waals surface area contributed by atoms with Gasteiger partial charge in [0, 0.05) is 0 Å². The molecule has 0 amide bonds. The quantitative estimate of drug-likeness (QED) is 0.347. The molecule has 0 aromatic carbocycles. The first-order valence-corrected chi connectivity index (χ1v) is 5.37. The van der Waals surface area contributed by atoms with Crippen LogP contribution in [0.1, 0.15) is 19.3 Å². The molecule has 2 atom stereocenters. The van der Waals surface area contributed by atoms with Crippen LogP contribution in [0, 0.1) is 24.3 Å². The minimum atomic E-state index is 0. The monoisotopic (exact) mass is 302 g/mol. The fourth-order valence-electron chi connectivity index (χ4n) is 2.03. The van der Waals surface area contributed by atoms with Gasteiger partial charge < -0.3 is 31.2 Å². The summed E-state index contributed by atoms with van der Waals surface area (Å²) in [6.07, 6.45) is 24.1. The van der Waals surface area contributed by atoms with E-state index in [-0.39, 0.29) is 46.5 Å². The molecule has 0 aliphatic heterocycles. The summed E-state index contributed by atoms with van der Waals surface area (Å²) in [7, 11) is 0. The zero-order chi connectivity index (χ0) is 9.64. The van der Waals surface area contributed by atoms with E-state index in [9.17, 15) is 0 Å². The summed E-state index contributed by atoms with van der Waals surface area (Å²) in [6.45, 7) is 0. The van der Waals surface area contributed by atoms with Crippen LogP contribution in [-0.4, -0.2) is 0 Å². The molecular weight excluding hydrogens is 287 g/mol. The molecule has 0 aromatic heterocycles. The van der Waals surface area contributed by atoms with E-state index in [1.54, 1.807) is 0 Å². The van der Waals surface area contributed by atoms with Crippen molar-refractivity contribution in [3.8, 4) is 0 Å². The first kappa shape index (κ1) is 19.6. The Kier molecular flexibility index (Phi) is 13.1. The van der Waals surface area contributed by atoms with E-state index in [0.717, 1.165) is 18.3 Å². The summed E-state index contributed by atoms with van der Waals surface area (Å²) >= 11 is 0. The summed E-state index contributed by atoms with van der Waals surface area (Å²) in [4.78, 5) is 0. The topological polar surface area (TPSA) is 0 Å². The van der Waals surface area contributed by atoms with E-state index < -0.39 is 0 Å². The maximum Gasteiger partial charge on any atom is 4.00 e. The Morgan fingerprint density at radius 2 is 1.82 bits per heavy atom. The Hall–Kier alpha value is 0.254. The third-order valence-electron chi connectivity index (χ3n) is 2.82. The number of hydrogen-bond acceptors (Lipinski definition) is 0. The molecule has 3 aliphatic rings. The smallest absolute Gasteiger partial charge is 1.00 e. The first-order chi connectivity index (χ1) is 6.97. The second-order valence-corrected chi connectivity index (χ2v) is 3.83. The maximum atomic E-state index is 2.99. The molecule has 1 fully saturated rings. The Bertz CT molecular complexity index is 265. The van der Waals surface area contributed by atoms with Crippen molar-refractivity contribution in [3.05, 3.63) is 55.0 Å². The van der Waals surface area contributed by atoms with Crippen LogP contribution in [0.15, 0.2) is 42.5 Å². The van der Waals surface area contributed by atoms with E-state index in [2.05, 4.69) is 42.9 Å². The van der Waals surface area contributed by atoms with Crippen molar-refractivity contribution in [2.45, 2.75) is 19.3 Å². The van der Waals surface area contributed by atoms with Crippen molar-refractivity contribution in [1.82, 2.24) is 0 Å². The molecule has 0 nitrogen and oxygen atoms in total. The maximum absolute atomic E-state index is 2.99. The van der Waals surface area contributed by atoms with Crippen LogP contribution in [0.25, 0.3) is 0 Å². The van der Waals surface area contributed by atoms with Gasteiger partial charge in [0.25, 0.3) is 0 Å². The molecule has 2 unspecified atom stereocenters. The van der Waals surface area contributed by atoms with Gasteiger partial charge in [0.05, 0.1) is 0 Å². The summed E-state index contributed by atoms with van der Waals surface area (Å²) in [5, 5.41) is 0. The van der Waals surface area contributed by atoms with Gasteiger partial charge in [0.1, 0.15) is 0 Å². The van der Waals surface area contributed by atoms with Gasteiger partial charge in [-0.05, 0) is 5.92 Å². The van der Waals surface area contributed by atoms with E-state index in [1.807, 2.05) is 12.2 Å². The Labute approximate surface area is 132 Å². The molecule has 0 radical (unpaired) electrons. The molecule has 17 heavy (non-hydrogen) atoms. The molecule has 0 bridgehead atoms. The number of halogens is 2. The summed E-state index contributed by atoms with van der Waals surface area (Å²) in [5.41, 5.74) is 0. The third kappa shape index (κ3) is 6.67. The van der Waals surface area contributed by atoms with Gasteiger partial charge in [-0.3, -0.25) is 6.08 Å². The van der Waals surface area contributed by atoms with Gasteiger partial charge in [0.15, 0.2) is 0 Å². The van der Waals surface area contributed by atoms with Crippen molar-refractivity contribution < 1.29 is 46.5 Å². The molecular formula is C14H16Cl2Ti. The molecule has 3 rings (SSSR count). The fraction of sp³-hybridized carbons (Fsp3) is 0.357. The Morgan fingerprint density at radius 1 is 1.06 bits per heavy atom. The molecule has 1 saturated carbocycles. The fourth-order valence-corrected chi connectivity index (χ4v) is 2.03. The van der Waals surface area contributed by atoms with Crippen molar-refractivity contribution in [2.24, 2.45) is 11.8 Å². The van der Waals surface area contributed by atoms with E-state index >= 15 is 0 Å². The molecule has 0 saturated heterocycles. The van der Waals surface area contributed by atoms with Gasteiger partial charge in [-0.2, -0.15) is 12.5 Å². The van der Waals surface area contributed by atoms with E-state index in [0.29, 0.717) is 0 Å². The molecule has 90 valence electrons. The van der Waals surface area contributed by atoms with Crippen LogP contribution >= 0.6 is 0 Å². The predicted octanol–water partition coefficient (Wildman–Crippen LogP) is -2.35. The molecule has 0 spiro atoms. The van der Waals surface area contributed by atoms with Crippen LogP contribution < -0.4 is 24.8 Å². The summed E-state index contributed by atoms with van der Waals surface area (Å²) in [6, 6.07) is 0. The molecule has 3 aliphatic carbocycles. The zero-order valence-corrected chi connectivity index (χ0v) is 12.7. The summed E-state index contributed by atoms with van der Waals surface area (Å²) < 4.78 is 0. The minimum absolute atomic E-state index is 0. The SMILES string of the molecule is C1=CC2[CH-]CCC2C=C1.[C-]1=CC=CC1.[Cl-].[Cl-].[Ti+4]. The average molecular weight is 303 g/mol. The van der Waals surface area contributed by atoms with Crippen LogP contribution in [0.4, 0.5) is 0 Å². The Morgan fingerprint density at radius 3 is 2.35 bits per heavy atom. The average Bonchev–Trinajstić information content (AvgIpc) is 2.92. The van der Waals surface area contributed by atoms with Crippen molar-refractivity contribution >= 4 is 0 Å². The van der Waals surface area contributed by atoms with Gasteiger partial charge >= 0.3 is 21.7 Å². The number of fused-ring (bicyclic) bond motifs is 1. The Balaban J connectivity index is 0. The second kappa shape index (κ2) is 11.4. The van der Waals surface area contributed by atoms with E-state index in [4.69, 9.17) is 0 Å². The standard InChI is InChI=1S/C9H11.C5H5.2ClH.Ti/c1-2-5-9-7-3-6-8(9)4-1;1-2-4-5-3-1;;;/h1-2,4-6,8-9H,3,7H2;1-3H,4H2;2*1H;/q2*-1;;;+4/p-2. The van der Waals surface area contributed by atoms with Crippen molar-refractivity contribution in [3.63, 3.8) is 0 Å². The molecule has 0 N–H and O–H groups in total. The van der Waals surface area contributed by atoms with Crippen LogP contribution in [-0.2, 0) is 21.7 Å². The normalized spacial score (nSPS) is 25.9. The molecule has 3 heteroatoms. The predicted molar refractivity (Wildman–Crippen MR) is 60.4 cm³/mol. The van der Waals surface area contributed by atoms with E-state index in [1.165, 1.54) is 12.8 Å². The number of hydrogen-bond donors (Lipinski definition) is 0. The molecule has 0 heterocycles. The molecule has 0 aromatic rings. The van der Waals surface area contributed by atoms with Crippen LogP contribution in [0.5, 0.6) is 0 Å². The summed E-state index contributed by atoms with van der Waals surface area (Å²) in [5.74, 6) is 1.62. The number of rotatable bonds is 0. The second-order valence-electron chi connectivity index (χ2n) is 3.83. The van der Waals surface area contributed by atoms with Crippen molar-refractivity contribution in [2.75, 3.05) is 0 Å². The minimum Gasteiger partial charge on any atom is -1.00 e. The van der Waals surface area contributed by atoms with Crippen molar-refractivity contribution in [1.29, 1.82) is 0 Å². The van der Waals surface area contributed by atoms with Crippen LogP contribution in [0.2, 0.25) is 0 Å². The van der Waals surface area contributed by atoms with Gasteiger partial charge in [-0.25, -0.2) is 12.2 Å². The number of allylic oxidation sites excluding steroid dienone is 8. The third-order valence-corrected chi connectivity index (χ3v) is 2.82. The van der Waals surface area contributed by atoms with Gasteiger partial charge in [0.2, 0.25) is 0 Å². The largest absolute Gasteiger partial charge is 4.00 e.